The van der Waals surface area contributed by atoms with Gasteiger partial charge in [0, 0.05) is 11.1 Å². The van der Waals surface area contributed by atoms with Gasteiger partial charge in [0.05, 0.1) is 6.04 Å². The third-order valence-corrected chi connectivity index (χ3v) is 4.50. The number of alkyl halides is 5. The summed E-state index contributed by atoms with van der Waals surface area (Å²) in [5.74, 6) is -5.49. The van der Waals surface area contributed by atoms with Gasteiger partial charge in [-0.1, -0.05) is 30.4 Å². The van der Waals surface area contributed by atoms with E-state index >= 15 is 0 Å². The normalized spacial score (nSPS) is 19.3. The molecular weight excluding hydrogens is 399 g/mol. The molecule has 156 valence electrons. The second kappa shape index (κ2) is 7.37. The molecule has 0 radical (unpaired) electrons. The summed E-state index contributed by atoms with van der Waals surface area (Å²) in [6.45, 7) is -2.01. The fourth-order valence-electron chi connectivity index (χ4n) is 3.09. The summed E-state index contributed by atoms with van der Waals surface area (Å²) < 4.78 is 68.5. The van der Waals surface area contributed by atoms with Crippen LogP contribution in [0.4, 0.5) is 22.0 Å². The fraction of sp³-hybridized carbons (Fsp3) is 0.333. The van der Waals surface area contributed by atoms with Crippen LogP contribution in [0.15, 0.2) is 47.1 Å². The monoisotopic (exact) mass is 416 g/mol. The lowest BCUT2D eigenvalue weighted by Gasteiger charge is -2.27. The highest BCUT2D eigenvalue weighted by atomic mass is 19.4. The van der Waals surface area contributed by atoms with Crippen LogP contribution in [0, 0.1) is 0 Å². The predicted octanol–water partition coefficient (Wildman–Crippen LogP) is 2.42. The third-order valence-electron chi connectivity index (χ3n) is 4.50. The summed E-state index contributed by atoms with van der Waals surface area (Å²) in [6, 6.07) is 5.51. The van der Waals surface area contributed by atoms with Gasteiger partial charge in [0.2, 0.25) is 5.91 Å². The minimum atomic E-state index is -5.71. The van der Waals surface area contributed by atoms with E-state index in [4.69, 9.17) is 16.2 Å². The number of ether oxygens (including phenoxy) is 1. The maximum atomic E-state index is 13.2. The molecule has 0 aromatic heterocycles. The van der Waals surface area contributed by atoms with E-state index < -0.39 is 30.7 Å². The Balaban J connectivity index is 1.84. The van der Waals surface area contributed by atoms with Crippen molar-refractivity contribution in [2.75, 3.05) is 13.2 Å². The highest BCUT2D eigenvalue weighted by Crippen LogP contribution is 2.39. The lowest BCUT2D eigenvalue weighted by molar-refractivity contribution is -0.290. The van der Waals surface area contributed by atoms with E-state index in [-0.39, 0.29) is 24.6 Å². The van der Waals surface area contributed by atoms with Crippen LogP contribution in [-0.2, 0) is 4.79 Å². The smallest absolute Gasteiger partial charge is 0.456 e. The Labute approximate surface area is 162 Å². The number of carbonyl (C=O) groups excluding carboxylic acids is 1. The Bertz CT molecular complexity index is 908. The molecule has 1 aliphatic carbocycles. The Morgan fingerprint density at radius 3 is 2.55 bits per heavy atom. The van der Waals surface area contributed by atoms with E-state index in [9.17, 15) is 26.7 Å². The number of rotatable bonds is 6. The molecule has 0 fully saturated rings. The minimum absolute atomic E-state index is 0.118. The summed E-state index contributed by atoms with van der Waals surface area (Å²) in [5.41, 5.74) is 12.7. The van der Waals surface area contributed by atoms with Crippen LogP contribution in [0.3, 0.4) is 0 Å². The maximum Gasteiger partial charge on any atom is 0.456 e. The van der Waals surface area contributed by atoms with E-state index in [1.54, 1.807) is 24.3 Å². The molecule has 1 aliphatic heterocycles. The number of amides is 1. The molecule has 0 saturated heterocycles. The number of nitrogens with two attached hydrogens (primary N) is 2. The predicted molar refractivity (Wildman–Crippen MR) is 94.9 cm³/mol. The first kappa shape index (κ1) is 20.6. The second-order valence-electron chi connectivity index (χ2n) is 6.57. The van der Waals surface area contributed by atoms with Gasteiger partial charge < -0.3 is 16.2 Å². The number of fused-ring (bicyclic) bond motifs is 1. The van der Waals surface area contributed by atoms with Gasteiger partial charge in [0.1, 0.15) is 18.1 Å². The van der Waals surface area contributed by atoms with E-state index in [0.717, 1.165) is 0 Å². The van der Waals surface area contributed by atoms with E-state index in [1.165, 1.54) is 17.1 Å². The van der Waals surface area contributed by atoms with Crippen molar-refractivity contribution in [3.8, 4) is 5.75 Å². The van der Waals surface area contributed by atoms with Crippen molar-refractivity contribution in [3.05, 3.63) is 47.6 Å². The molecule has 1 unspecified atom stereocenters. The average molecular weight is 416 g/mol. The van der Waals surface area contributed by atoms with Gasteiger partial charge in [0.15, 0.2) is 6.61 Å². The molecule has 1 heterocycles. The molecule has 0 saturated carbocycles. The maximum absolute atomic E-state index is 13.2. The second-order valence-corrected chi connectivity index (χ2v) is 6.57. The van der Waals surface area contributed by atoms with Crippen molar-refractivity contribution in [2.45, 2.75) is 24.6 Å². The number of hydrogen-bond acceptors (Lipinski definition) is 5. The lowest BCUT2D eigenvalue weighted by Crippen LogP contribution is -2.41. The number of halogens is 5. The van der Waals surface area contributed by atoms with Gasteiger partial charge in [-0.25, -0.2) is 0 Å². The molecule has 3 rings (SSSR count). The summed E-state index contributed by atoms with van der Waals surface area (Å²) >= 11 is 0. The van der Waals surface area contributed by atoms with Crippen molar-refractivity contribution in [1.82, 2.24) is 5.01 Å². The first-order valence-corrected chi connectivity index (χ1v) is 8.46. The number of hydrazone groups is 1. The zero-order valence-electron chi connectivity index (χ0n) is 14.9. The van der Waals surface area contributed by atoms with Crippen molar-refractivity contribution in [3.63, 3.8) is 0 Å². The van der Waals surface area contributed by atoms with Crippen LogP contribution in [0.2, 0.25) is 0 Å². The van der Waals surface area contributed by atoms with Crippen LogP contribution in [-0.4, -0.2) is 48.0 Å². The molecule has 4 N–H and O–H groups in total. The Kier molecular flexibility index (Phi) is 5.24. The number of benzene rings is 1. The summed E-state index contributed by atoms with van der Waals surface area (Å²) in [6.07, 6.45) is -2.12. The number of para-hydroxylation sites is 1. The number of hydrogen-bond donors (Lipinski definition) is 2. The molecule has 11 heteroatoms. The van der Waals surface area contributed by atoms with Gasteiger partial charge in [-0.15, -0.1) is 0 Å². The summed E-state index contributed by atoms with van der Waals surface area (Å²) in [4.78, 5) is 11.3. The van der Waals surface area contributed by atoms with Crippen LogP contribution in [0.5, 0.6) is 5.75 Å². The highest BCUT2D eigenvalue weighted by Gasteiger charge is 2.58. The molecule has 2 aliphatic rings. The topological polar surface area (TPSA) is 93.9 Å². The third kappa shape index (κ3) is 4.17. The molecule has 29 heavy (non-hydrogen) atoms. The quantitative estimate of drug-likeness (QED) is 0.697. The van der Waals surface area contributed by atoms with E-state index in [0.29, 0.717) is 16.7 Å². The molecule has 1 aromatic rings. The van der Waals surface area contributed by atoms with Gasteiger partial charge in [0.25, 0.3) is 0 Å². The Morgan fingerprint density at radius 1 is 1.21 bits per heavy atom. The van der Waals surface area contributed by atoms with Gasteiger partial charge in [-0.3, -0.25) is 9.80 Å². The zero-order chi connectivity index (χ0) is 21.4. The average Bonchev–Trinajstić information content (AvgIpc) is 2.94. The standard InChI is InChI=1S/C18H17F5N4O2/c19-17(20,18(21,22)23)9-29-14-4-2-1-3-11(14)10-5-6-12-13(7-10)27(8-15(24)28)26-16(12)25/h1-6,13H,7-9H2,(H2,24,28)(H2,25,26). The molecule has 1 aromatic carbocycles. The molecule has 6 nitrogen and oxygen atoms in total. The summed E-state index contributed by atoms with van der Waals surface area (Å²) in [7, 11) is 0. The van der Waals surface area contributed by atoms with Gasteiger partial charge >= 0.3 is 12.1 Å². The zero-order valence-corrected chi connectivity index (χ0v) is 14.9. The number of allylic oxidation sites excluding steroid dienone is 2. The van der Waals surface area contributed by atoms with Crippen LogP contribution in [0.25, 0.3) is 5.57 Å². The first-order chi connectivity index (χ1) is 13.5. The molecule has 1 amide bonds. The number of carbonyl (C=O) groups is 1. The van der Waals surface area contributed by atoms with Crippen molar-refractivity contribution in [2.24, 2.45) is 16.6 Å². The van der Waals surface area contributed by atoms with E-state index in [1.807, 2.05) is 0 Å². The van der Waals surface area contributed by atoms with Crippen molar-refractivity contribution >= 4 is 17.3 Å². The lowest BCUT2D eigenvalue weighted by atomic mass is 9.89. The van der Waals surface area contributed by atoms with Crippen LogP contribution < -0.4 is 16.2 Å². The van der Waals surface area contributed by atoms with Crippen LogP contribution >= 0.6 is 0 Å². The minimum Gasteiger partial charge on any atom is -0.486 e. The van der Waals surface area contributed by atoms with Gasteiger partial charge in [-0.2, -0.15) is 27.1 Å². The number of amidine groups is 1. The molecular formula is C18H17F5N4O2. The Morgan fingerprint density at radius 2 is 1.90 bits per heavy atom. The summed E-state index contributed by atoms with van der Waals surface area (Å²) in [5, 5.41) is 5.50. The van der Waals surface area contributed by atoms with Crippen molar-refractivity contribution in [1.29, 1.82) is 0 Å². The molecule has 0 spiro atoms. The van der Waals surface area contributed by atoms with Crippen LogP contribution in [0.1, 0.15) is 12.0 Å². The SMILES string of the molecule is NC(=O)CN1N=C(N)C2=CC=C(c3ccccc3OCC(F)(F)C(F)(F)F)CC21. The van der Waals surface area contributed by atoms with E-state index in [2.05, 4.69) is 5.10 Å². The number of nitrogens with zero attached hydrogens (tertiary/aromatic N) is 2. The first-order valence-electron chi connectivity index (χ1n) is 8.46. The van der Waals surface area contributed by atoms with Crippen molar-refractivity contribution < 1.29 is 31.5 Å². The molecule has 1 atom stereocenters. The fourth-order valence-corrected chi connectivity index (χ4v) is 3.09. The largest absolute Gasteiger partial charge is 0.486 e. The van der Waals surface area contributed by atoms with Gasteiger partial charge in [-0.05, 0) is 18.1 Å². The number of primary amides is 1. The highest BCUT2D eigenvalue weighted by molar-refractivity contribution is 6.01. The Hall–Kier alpha value is -3.11. The molecule has 0 bridgehead atoms.